The Balaban J connectivity index is 2.05. The van der Waals surface area contributed by atoms with Crippen LogP contribution in [0.15, 0.2) is 6.07 Å². The molecule has 2 rings (SSSR count). The Morgan fingerprint density at radius 2 is 1.95 bits per heavy atom. The van der Waals surface area contributed by atoms with Crippen LogP contribution < -0.4 is 15.8 Å². The van der Waals surface area contributed by atoms with E-state index < -0.39 is 6.09 Å². The van der Waals surface area contributed by atoms with Crippen LogP contribution in [0.4, 0.5) is 9.93 Å². The molecule has 0 saturated carbocycles. The number of hydrogen-bond donors (Lipinski definition) is 2. The molecule has 2 aromatic rings. The van der Waals surface area contributed by atoms with Crippen molar-refractivity contribution in [3.8, 4) is 0 Å². The first-order chi connectivity index (χ1) is 10.6. The molecule has 0 saturated heterocycles. The average Bonchev–Trinajstić information content (AvgIpc) is 3.05. The third-order valence-electron chi connectivity index (χ3n) is 2.89. The molecule has 7 nitrogen and oxygen atoms in total. The molecule has 0 radical (unpaired) electrons. The van der Waals surface area contributed by atoms with Gasteiger partial charge in [0.1, 0.15) is 4.83 Å². The predicted molar refractivity (Wildman–Crippen MR) is 88.7 cm³/mol. The van der Waals surface area contributed by atoms with E-state index in [1.54, 1.807) is 24.3 Å². The van der Waals surface area contributed by atoms with Crippen molar-refractivity contribution in [1.29, 1.82) is 0 Å². The topological polar surface area (TPSA) is 83.6 Å². The number of carbonyl (C=O) groups excluding carboxylic acids is 2. The maximum atomic E-state index is 11.9. The summed E-state index contributed by atoms with van der Waals surface area (Å²) in [4.78, 5) is 31.1. The van der Waals surface area contributed by atoms with Crippen LogP contribution >= 0.6 is 22.7 Å². The Labute approximate surface area is 136 Å². The lowest BCUT2D eigenvalue weighted by atomic mass is 10.4. The normalized spacial score (nSPS) is 10.5. The first-order valence-electron chi connectivity index (χ1n) is 6.97. The first-order valence-corrected chi connectivity index (χ1v) is 8.60. The largest absolute Gasteiger partial charge is 0.449 e. The Kier molecular flexibility index (Phi) is 5.56. The summed E-state index contributed by atoms with van der Waals surface area (Å²) in [5, 5.41) is 0.961. The molecule has 2 N–H and O–H groups in total. The van der Waals surface area contributed by atoms with E-state index in [0.717, 1.165) is 27.8 Å². The van der Waals surface area contributed by atoms with Crippen molar-refractivity contribution < 1.29 is 14.3 Å². The zero-order valence-electron chi connectivity index (χ0n) is 12.6. The van der Waals surface area contributed by atoms with E-state index in [1.807, 2.05) is 0 Å². The van der Waals surface area contributed by atoms with Crippen LogP contribution in [0.5, 0.6) is 0 Å². The quantitative estimate of drug-likeness (QED) is 0.816. The van der Waals surface area contributed by atoms with Gasteiger partial charge in [-0.15, -0.1) is 11.3 Å². The molecule has 9 heteroatoms. The van der Waals surface area contributed by atoms with E-state index in [1.165, 1.54) is 11.3 Å². The Hall–Kier alpha value is -1.87. The maximum Gasteiger partial charge on any atom is 0.426 e. The monoisotopic (exact) mass is 342 g/mol. The maximum absolute atomic E-state index is 11.9. The highest BCUT2D eigenvalue weighted by atomic mass is 32.1. The molecule has 0 bridgehead atoms. The van der Waals surface area contributed by atoms with Gasteiger partial charge in [0.25, 0.3) is 5.91 Å². The van der Waals surface area contributed by atoms with Crippen molar-refractivity contribution >= 4 is 49.3 Å². The van der Waals surface area contributed by atoms with E-state index in [0.29, 0.717) is 4.88 Å². The number of hydrogen-bond acceptors (Lipinski definition) is 7. The number of aromatic nitrogens is 1. The van der Waals surface area contributed by atoms with Gasteiger partial charge in [0, 0.05) is 13.1 Å². The highest BCUT2D eigenvalue weighted by molar-refractivity contribution is 7.29. The lowest BCUT2D eigenvalue weighted by Crippen LogP contribution is -2.41. The zero-order valence-corrected chi connectivity index (χ0v) is 14.3. The number of anilines is 1. The highest BCUT2D eigenvalue weighted by Gasteiger charge is 2.16. The highest BCUT2D eigenvalue weighted by Crippen LogP contribution is 2.34. The van der Waals surface area contributed by atoms with E-state index >= 15 is 0 Å². The molecule has 2 aromatic heterocycles. The van der Waals surface area contributed by atoms with Crippen LogP contribution in [0, 0.1) is 0 Å². The fraction of sp³-hybridized carbons (Fsp3) is 0.462. The van der Waals surface area contributed by atoms with Gasteiger partial charge in [-0.3, -0.25) is 10.2 Å². The number of thiophene rings is 1. The minimum Gasteiger partial charge on any atom is -0.449 e. The van der Waals surface area contributed by atoms with E-state index in [2.05, 4.69) is 39.3 Å². The van der Waals surface area contributed by atoms with Crippen molar-refractivity contribution in [3.05, 3.63) is 10.9 Å². The molecule has 0 aromatic carbocycles. The summed E-state index contributed by atoms with van der Waals surface area (Å²) in [6.07, 6.45) is -0.684. The van der Waals surface area contributed by atoms with Crippen LogP contribution in [0.1, 0.15) is 30.4 Å². The van der Waals surface area contributed by atoms with Gasteiger partial charge < -0.3 is 9.64 Å². The van der Waals surface area contributed by atoms with Gasteiger partial charge in [-0.25, -0.2) is 15.2 Å². The molecule has 22 heavy (non-hydrogen) atoms. The number of nitrogens with one attached hydrogen (secondary N) is 2. The van der Waals surface area contributed by atoms with E-state index in [-0.39, 0.29) is 12.5 Å². The fourth-order valence-electron chi connectivity index (χ4n) is 1.80. The van der Waals surface area contributed by atoms with Crippen molar-refractivity contribution in [1.82, 2.24) is 15.8 Å². The predicted octanol–water partition coefficient (Wildman–Crippen LogP) is 2.59. The van der Waals surface area contributed by atoms with Gasteiger partial charge in [0.05, 0.1) is 16.2 Å². The molecule has 0 spiro atoms. The first kappa shape index (κ1) is 16.5. The Bertz CT molecular complexity index is 632. The standard InChI is InChI=1S/C13H18N4O3S2/c1-4-17(5-2)12-14-11-9(22-12)7-8(21-11)10(18)15-16-13(19)20-6-3/h7H,4-6H2,1-3H3,(H,15,18)(H,16,19). The molecule has 0 aliphatic heterocycles. The molecule has 0 unspecified atom stereocenters. The van der Waals surface area contributed by atoms with Gasteiger partial charge in [-0.05, 0) is 26.8 Å². The van der Waals surface area contributed by atoms with Crippen molar-refractivity contribution in [3.63, 3.8) is 0 Å². The number of amides is 2. The third kappa shape index (κ3) is 3.66. The summed E-state index contributed by atoms with van der Waals surface area (Å²) in [7, 11) is 0. The summed E-state index contributed by atoms with van der Waals surface area (Å²) in [5.74, 6) is -0.382. The van der Waals surface area contributed by atoms with Crippen molar-refractivity contribution in [2.75, 3.05) is 24.6 Å². The lowest BCUT2D eigenvalue weighted by molar-refractivity contribution is 0.0917. The molecular weight excluding hydrogens is 324 g/mol. The molecule has 120 valence electrons. The molecule has 0 aliphatic carbocycles. The van der Waals surface area contributed by atoms with E-state index in [4.69, 9.17) is 0 Å². The zero-order chi connectivity index (χ0) is 16.1. The van der Waals surface area contributed by atoms with Crippen LogP contribution in [0.2, 0.25) is 0 Å². The number of fused-ring (bicyclic) bond motifs is 1. The van der Waals surface area contributed by atoms with E-state index in [9.17, 15) is 9.59 Å². The smallest absolute Gasteiger partial charge is 0.426 e. The van der Waals surface area contributed by atoms with Crippen LogP contribution in [0.25, 0.3) is 9.53 Å². The summed E-state index contributed by atoms with van der Waals surface area (Å²) < 4.78 is 5.63. The SMILES string of the molecule is CCOC(=O)NNC(=O)c1cc2sc(N(CC)CC)nc2s1. The second-order valence-corrected chi connectivity index (χ2v) is 6.29. The van der Waals surface area contributed by atoms with Crippen LogP contribution in [0.3, 0.4) is 0 Å². The van der Waals surface area contributed by atoms with Gasteiger partial charge in [0.2, 0.25) is 0 Å². The Morgan fingerprint density at radius 3 is 2.55 bits per heavy atom. The van der Waals surface area contributed by atoms with Crippen molar-refractivity contribution in [2.24, 2.45) is 0 Å². The van der Waals surface area contributed by atoms with Gasteiger partial charge in [-0.1, -0.05) is 11.3 Å². The number of nitrogens with zero attached hydrogens (tertiary/aromatic N) is 2. The van der Waals surface area contributed by atoms with Gasteiger partial charge in [0.15, 0.2) is 5.13 Å². The molecule has 0 atom stereocenters. The second-order valence-electron chi connectivity index (χ2n) is 4.25. The minimum atomic E-state index is -0.684. The number of hydrazine groups is 1. The summed E-state index contributed by atoms with van der Waals surface area (Å²) >= 11 is 2.86. The summed E-state index contributed by atoms with van der Waals surface area (Å²) in [5.41, 5.74) is 4.49. The number of thiazole rings is 1. The number of ether oxygens (including phenoxy) is 1. The van der Waals surface area contributed by atoms with Crippen LogP contribution in [-0.4, -0.2) is 36.7 Å². The summed E-state index contributed by atoms with van der Waals surface area (Å²) in [6, 6.07) is 1.78. The van der Waals surface area contributed by atoms with Gasteiger partial charge >= 0.3 is 6.09 Å². The number of carbonyl (C=O) groups is 2. The molecule has 2 amide bonds. The van der Waals surface area contributed by atoms with Gasteiger partial charge in [-0.2, -0.15) is 0 Å². The molecule has 0 aliphatic rings. The van der Waals surface area contributed by atoms with Crippen molar-refractivity contribution in [2.45, 2.75) is 20.8 Å². The minimum absolute atomic E-state index is 0.245. The third-order valence-corrected chi connectivity index (χ3v) is 5.11. The number of rotatable bonds is 5. The molecule has 2 heterocycles. The fourth-order valence-corrected chi connectivity index (χ4v) is 4.04. The summed E-state index contributed by atoms with van der Waals surface area (Å²) in [6.45, 7) is 7.89. The second kappa shape index (κ2) is 7.41. The Morgan fingerprint density at radius 1 is 1.23 bits per heavy atom. The molecular formula is C13H18N4O3S2. The average molecular weight is 342 g/mol. The molecule has 0 fully saturated rings. The van der Waals surface area contributed by atoms with Crippen LogP contribution in [-0.2, 0) is 4.74 Å². The lowest BCUT2D eigenvalue weighted by Gasteiger charge is -2.16.